The van der Waals surface area contributed by atoms with E-state index in [1.165, 1.54) is 39.2 Å². The fourth-order valence-electron chi connectivity index (χ4n) is 6.10. The molecule has 2 amide bonds. The van der Waals surface area contributed by atoms with Crippen LogP contribution in [0.25, 0.3) is 0 Å². The van der Waals surface area contributed by atoms with Crippen LogP contribution in [-0.4, -0.2) is 43.1 Å². The summed E-state index contributed by atoms with van der Waals surface area (Å²) in [6.07, 6.45) is 10.1. The van der Waals surface area contributed by atoms with Crippen molar-refractivity contribution in [1.82, 2.24) is 10.2 Å². The van der Waals surface area contributed by atoms with Crippen molar-refractivity contribution in [2.24, 2.45) is 23.2 Å². The highest BCUT2D eigenvalue weighted by Gasteiger charge is 2.46. The van der Waals surface area contributed by atoms with Gasteiger partial charge in [-0.3, -0.25) is 4.79 Å². The van der Waals surface area contributed by atoms with Crippen molar-refractivity contribution in [3.63, 3.8) is 0 Å². The van der Waals surface area contributed by atoms with Crippen LogP contribution in [0.5, 0.6) is 0 Å². The number of hydrogen-bond acceptors (Lipinski definition) is 3. The van der Waals surface area contributed by atoms with Crippen molar-refractivity contribution in [3.8, 4) is 0 Å². The fraction of sp³-hybridized carbons (Fsp3) is 0.895. The Hall–Kier alpha value is -1.26. The molecule has 2 unspecified atom stereocenters. The van der Waals surface area contributed by atoms with E-state index in [9.17, 15) is 9.59 Å². The first kappa shape index (κ1) is 16.2. The monoisotopic (exact) mass is 334 g/mol. The molecule has 0 radical (unpaired) electrons. The summed E-state index contributed by atoms with van der Waals surface area (Å²) in [5, 5.41) is 3.11. The van der Waals surface area contributed by atoms with E-state index < -0.39 is 5.41 Å². The summed E-state index contributed by atoms with van der Waals surface area (Å²) >= 11 is 0. The zero-order chi connectivity index (χ0) is 16.7. The number of carbonyl (C=O) groups is 2. The lowest BCUT2D eigenvalue weighted by atomic mass is 9.68. The van der Waals surface area contributed by atoms with Crippen molar-refractivity contribution >= 4 is 12.0 Å². The van der Waals surface area contributed by atoms with Crippen molar-refractivity contribution in [3.05, 3.63) is 0 Å². The summed E-state index contributed by atoms with van der Waals surface area (Å²) in [6, 6.07) is 0.460. The predicted molar refractivity (Wildman–Crippen MR) is 90.4 cm³/mol. The predicted octanol–water partition coefficient (Wildman–Crippen LogP) is 2.94. The van der Waals surface area contributed by atoms with Gasteiger partial charge < -0.3 is 15.0 Å². The number of nitrogens with zero attached hydrogens (tertiary/aromatic N) is 1. The smallest absolute Gasteiger partial charge is 0.317 e. The molecule has 3 saturated carbocycles. The first-order valence-corrected chi connectivity index (χ1v) is 9.72. The van der Waals surface area contributed by atoms with Gasteiger partial charge in [-0.05, 0) is 62.7 Å². The molecule has 2 aliphatic heterocycles. The highest BCUT2D eigenvalue weighted by molar-refractivity contribution is 5.80. The summed E-state index contributed by atoms with van der Waals surface area (Å²) in [7, 11) is 1.45. The number of methoxy groups -OCH3 is 1. The van der Waals surface area contributed by atoms with Crippen LogP contribution in [0.3, 0.4) is 0 Å². The summed E-state index contributed by atoms with van der Waals surface area (Å²) < 4.78 is 5.02. The number of amides is 2. The van der Waals surface area contributed by atoms with Crippen LogP contribution in [0.15, 0.2) is 0 Å². The Bertz CT molecular complexity index is 501. The molecule has 2 atom stereocenters. The molecule has 4 bridgehead atoms. The van der Waals surface area contributed by atoms with E-state index in [0.29, 0.717) is 18.5 Å². The Morgan fingerprint density at radius 2 is 1.67 bits per heavy atom. The van der Waals surface area contributed by atoms with Gasteiger partial charge in [0.15, 0.2) is 0 Å². The van der Waals surface area contributed by atoms with Gasteiger partial charge in [0.25, 0.3) is 0 Å². The standard InChI is InChI=1S/C19H30N2O3/c1-24-17(22)19(4-2-3-5-19)12-20-18(23)21-11-15-7-13-6-14(8-15)10-16(21)9-13/h13-16H,2-12H2,1H3,(H,20,23). The van der Waals surface area contributed by atoms with E-state index in [2.05, 4.69) is 10.2 Å². The van der Waals surface area contributed by atoms with Crippen molar-refractivity contribution in [2.75, 3.05) is 20.2 Å². The zero-order valence-electron chi connectivity index (χ0n) is 14.8. The number of hydrogen-bond donors (Lipinski definition) is 1. The number of urea groups is 1. The molecule has 134 valence electrons. The van der Waals surface area contributed by atoms with E-state index >= 15 is 0 Å². The Morgan fingerprint density at radius 3 is 2.29 bits per heavy atom. The maximum Gasteiger partial charge on any atom is 0.317 e. The lowest BCUT2D eigenvalue weighted by Gasteiger charge is -2.39. The minimum Gasteiger partial charge on any atom is -0.469 e. The molecule has 0 aromatic heterocycles. The summed E-state index contributed by atoms with van der Waals surface area (Å²) in [5.74, 6) is 2.20. The van der Waals surface area contributed by atoms with Gasteiger partial charge in [0, 0.05) is 19.1 Å². The average molecular weight is 334 g/mol. The van der Waals surface area contributed by atoms with E-state index in [0.717, 1.165) is 44.1 Å². The molecule has 0 aromatic carbocycles. The van der Waals surface area contributed by atoms with Crippen LogP contribution >= 0.6 is 0 Å². The summed E-state index contributed by atoms with van der Waals surface area (Å²) in [6.45, 7) is 1.34. The molecule has 0 aromatic rings. The third-order valence-corrected chi connectivity index (χ3v) is 7.12. The Kier molecular flexibility index (Phi) is 4.21. The van der Waals surface area contributed by atoms with Gasteiger partial charge in [-0.25, -0.2) is 4.79 Å². The number of rotatable bonds is 3. The van der Waals surface area contributed by atoms with Crippen LogP contribution in [0.2, 0.25) is 0 Å². The molecule has 24 heavy (non-hydrogen) atoms. The van der Waals surface area contributed by atoms with Crippen LogP contribution in [-0.2, 0) is 9.53 Å². The topological polar surface area (TPSA) is 58.6 Å². The normalized spacial score (nSPS) is 36.5. The summed E-state index contributed by atoms with van der Waals surface area (Å²) in [4.78, 5) is 27.2. The number of esters is 1. The van der Waals surface area contributed by atoms with E-state index in [-0.39, 0.29) is 12.0 Å². The first-order chi connectivity index (χ1) is 11.6. The summed E-state index contributed by atoms with van der Waals surface area (Å²) in [5.41, 5.74) is -0.493. The third-order valence-electron chi connectivity index (χ3n) is 7.12. The lowest BCUT2D eigenvalue weighted by Crippen LogP contribution is -2.51. The minimum absolute atomic E-state index is 0.0448. The highest BCUT2D eigenvalue weighted by Crippen LogP contribution is 2.47. The van der Waals surface area contributed by atoms with E-state index in [4.69, 9.17) is 4.74 Å². The minimum atomic E-state index is -0.493. The van der Waals surface area contributed by atoms with Gasteiger partial charge in [-0.1, -0.05) is 12.8 Å². The molecule has 5 heteroatoms. The second-order valence-corrected chi connectivity index (χ2v) is 8.72. The molecule has 0 spiro atoms. The van der Waals surface area contributed by atoms with Gasteiger partial charge in [0.05, 0.1) is 12.5 Å². The van der Waals surface area contributed by atoms with Crippen molar-refractivity contribution < 1.29 is 14.3 Å². The SMILES string of the molecule is COC(=O)C1(CNC(=O)N2CC3CC4CC(C3)CC2C4)CCCC1. The molecular formula is C19H30N2O3. The quantitative estimate of drug-likeness (QED) is 0.807. The Labute approximate surface area is 144 Å². The molecular weight excluding hydrogens is 304 g/mol. The van der Waals surface area contributed by atoms with Crippen molar-refractivity contribution in [1.29, 1.82) is 0 Å². The lowest BCUT2D eigenvalue weighted by molar-refractivity contribution is -0.152. The van der Waals surface area contributed by atoms with Gasteiger partial charge >= 0.3 is 12.0 Å². The first-order valence-electron chi connectivity index (χ1n) is 9.72. The molecule has 2 saturated heterocycles. The van der Waals surface area contributed by atoms with E-state index in [1.54, 1.807) is 0 Å². The number of nitrogens with one attached hydrogen (secondary N) is 1. The van der Waals surface area contributed by atoms with Crippen LogP contribution in [0.1, 0.15) is 57.8 Å². The second kappa shape index (κ2) is 6.23. The Balaban J connectivity index is 1.42. The van der Waals surface area contributed by atoms with Gasteiger partial charge in [-0.15, -0.1) is 0 Å². The van der Waals surface area contributed by atoms with Crippen LogP contribution < -0.4 is 5.32 Å². The number of ether oxygens (including phenoxy) is 1. The third kappa shape index (κ3) is 2.80. The molecule has 1 N–H and O–H groups in total. The molecule has 5 aliphatic rings. The van der Waals surface area contributed by atoms with E-state index in [1.807, 2.05) is 0 Å². The molecule has 5 nitrogen and oxygen atoms in total. The van der Waals surface area contributed by atoms with Gasteiger partial charge in [0.2, 0.25) is 0 Å². The second-order valence-electron chi connectivity index (χ2n) is 8.72. The molecule has 2 heterocycles. The van der Waals surface area contributed by atoms with Crippen molar-refractivity contribution in [2.45, 2.75) is 63.8 Å². The number of fused-ring (bicyclic) bond motifs is 1. The number of carbonyl (C=O) groups excluding carboxylic acids is 2. The molecule has 5 fully saturated rings. The Morgan fingerprint density at radius 1 is 1.04 bits per heavy atom. The van der Waals surface area contributed by atoms with Crippen LogP contribution in [0, 0.1) is 23.2 Å². The largest absolute Gasteiger partial charge is 0.469 e. The zero-order valence-corrected chi connectivity index (χ0v) is 14.8. The average Bonchev–Trinajstić information content (AvgIpc) is 2.97. The maximum absolute atomic E-state index is 12.9. The molecule has 5 rings (SSSR count). The maximum atomic E-state index is 12.9. The van der Waals surface area contributed by atoms with Crippen LogP contribution in [0.4, 0.5) is 4.79 Å². The fourth-order valence-corrected chi connectivity index (χ4v) is 6.10. The van der Waals surface area contributed by atoms with Gasteiger partial charge in [0.1, 0.15) is 0 Å². The highest BCUT2D eigenvalue weighted by atomic mass is 16.5. The van der Waals surface area contributed by atoms with Gasteiger partial charge in [-0.2, -0.15) is 0 Å². The molecule has 3 aliphatic carbocycles.